The number of hydrogen-bond donors (Lipinski definition) is 0. The maximum Gasteiger partial charge on any atom is 0.104 e. The van der Waals surface area contributed by atoms with Crippen molar-refractivity contribution in [2.75, 3.05) is 26.2 Å². The van der Waals surface area contributed by atoms with Crippen molar-refractivity contribution in [3.8, 4) is 0 Å². The van der Waals surface area contributed by atoms with Crippen LogP contribution in [0.25, 0.3) is 0 Å². The normalized spacial score (nSPS) is 15.8. The average molecular weight is 329 g/mol. The van der Waals surface area contributed by atoms with Crippen molar-refractivity contribution >= 4 is 6.01 Å². The lowest BCUT2D eigenvalue weighted by atomic mass is 9.96. The highest BCUT2D eigenvalue weighted by Crippen LogP contribution is 2.19. The van der Waals surface area contributed by atoms with Crippen LogP contribution in [0.1, 0.15) is 57.9 Å². The Balaban J connectivity index is 1.79. The average Bonchev–Trinajstić information content (AvgIpc) is 2.65. The molecule has 0 N–H and O–H groups in total. The molecule has 1 aromatic carbocycles. The summed E-state index contributed by atoms with van der Waals surface area (Å²) < 4.78 is 1.14. The van der Waals surface area contributed by atoms with Gasteiger partial charge in [0.1, 0.15) is 6.54 Å². The SMILES string of the molecule is CC[N+](CC)(CCCN=C=NC1CCCCC1)Cc1ccccc1. The van der Waals surface area contributed by atoms with Crippen LogP contribution in [0, 0.1) is 0 Å². The van der Waals surface area contributed by atoms with Crippen molar-refractivity contribution in [1.29, 1.82) is 0 Å². The molecule has 0 spiro atoms. The lowest BCUT2D eigenvalue weighted by Gasteiger charge is -2.37. The summed E-state index contributed by atoms with van der Waals surface area (Å²) in [4.78, 5) is 8.92. The molecular weight excluding hydrogens is 294 g/mol. The standard InChI is InChI=1S/C21H34N3/c1-3-24(4-2,18-20-12-7-5-8-13-20)17-11-16-22-19-23-21-14-9-6-10-15-21/h5,7-8,12-13,21H,3-4,6,9-11,14-18H2,1-2H3/q+1. The molecule has 0 aromatic heterocycles. The van der Waals surface area contributed by atoms with Gasteiger partial charge >= 0.3 is 0 Å². The molecule has 2 rings (SSSR count). The summed E-state index contributed by atoms with van der Waals surface area (Å²) in [5, 5.41) is 0. The van der Waals surface area contributed by atoms with Crippen LogP contribution in [-0.4, -0.2) is 42.7 Å². The molecule has 3 heteroatoms. The van der Waals surface area contributed by atoms with Gasteiger partial charge in [-0.25, -0.2) is 9.98 Å². The van der Waals surface area contributed by atoms with Gasteiger partial charge in [-0.2, -0.15) is 0 Å². The smallest absolute Gasteiger partial charge is 0.104 e. The van der Waals surface area contributed by atoms with Crippen molar-refractivity contribution in [1.82, 2.24) is 0 Å². The quantitative estimate of drug-likeness (QED) is 0.348. The van der Waals surface area contributed by atoms with E-state index in [1.807, 2.05) is 0 Å². The fourth-order valence-corrected chi connectivity index (χ4v) is 3.68. The molecule has 1 aromatic rings. The predicted molar refractivity (Wildman–Crippen MR) is 103 cm³/mol. The Kier molecular flexibility index (Phi) is 8.21. The highest BCUT2D eigenvalue weighted by molar-refractivity contribution is 5.41. The van der Waals surface area contributed by atoms with E-state index in [-0.39, 0.29) is 0 Å². The minimum absolute atomic E-state index is 0.488. The Hall–Kier alpha value is -1.44. The van der Waals surface area contributed by atoms with E-state index < -0.39 is 0 Å². The van der Waals surface area contributed by atoms with Gasteiger partial charge in [0.15, 0.2) is 0 Å². The van der Waals surface area contributed by atoms with Crippen molar-refractivity contribution in [3.05, 3.63) is 35.9 Å². The highest BCUT2D eigenvalue weighted by Gasteiger charge is 2.22. The number of hydrogen-bond acceptors (Lipinski definition) is 2. The van der Waals surface area contributed by atoms with Gasteiger partial charge in [-0.3, -0.25) is 0 Å². The van der Waals surface area contributed by atoms with Crippen LogP contribution in [-0.2, 0) is 6.54 Å². The van der Waals surface area contributed by atoms with Gasteiger partial charge in [0.05, 0.1) is 38.2 Å². The van der Waals surface area contributed by atoms with E-state index in [1.54, 1.807) is 0 Å². The van der Waals surface area contributed by atoms with Crippen molar-refractivity contribution in [2.24, 2.45) is 9.98 Å². The fourth-order valence-electron chi connectivity index (χ4n) is 3.68. The van der Waals surface area contributed by atoms with Crippen molar-refractivity contribution in [2.45, 2.75) is 65.0 Å². The molecule has 1 aliphatic carbocycles. The maximum atomic E-state index is 4.50. The molecule has 0 radical (unpaired) electrons. The summed E-state index contributed by atoms with van der Waals surface area (Å²) in [5.74, 6) is 0. The molecule has 0 aliphatic heterocycles. The zero-order valence-electron chi connectivity index (χ0n) is 15.6. The number of benzene rings is 1. The van der Waals surface area contributed by atoms with Gasteiger partial charge in [0.2, 0.25) is 0 Å². The largest absolute Gasteiger partial charge is 0.320 e. The molecule has 1 saturated carbocycles. The Morgan fingerprint density at radius 1 is 1.04 bits per heavy atom. The first-order valence-corrected chi connectivity index (χ1v) is 9.78. The molecule has 0 amide bonds. The fraction of sp³-hybridized carbons (Fsp3) is 0.667. The lowest BCUT2D eigenvalue weighted by Crippen LogP contribution is -2.47. The Morgan fingerprint density at radius 3 is 2.42 bits per heavy atom. The van der Waals surface area contributed by atoms with Crippen LogP contribution < -0.4 is 0 Å². The first-order chi connectivity index (χ1) is 11.8. The second-order valence-electron chi connectivity index (χ2n) is 7.10. The van der Waals surface area contributed by atoms with Crippen molar-refractivity contribution in [3.63, 3.8) is 0 Å². The molecule has 3 nitrogen and oxygen atoms in total. The molecule has 0 unspecified atom stereocenters. The third-order valence-corrected chi connectivity index (χ3v) is 5.49. The topological polar surface area (TPSA) is 24.7 Å². The Morgan fingerprint density at radius 2 is 1.75 bits per heavy atom. The van der Waals surface area contributed by atoms with Gasteiger partial charge in [-0.15, -0.1) is 0 Å². The number of aliphatic imine (C=N–C) groups is 2. The van der Waals surface area contributed by atoms with Crippen LogP contribution >= 0.6 is 0 Å². The van der Waals surface area contributed by atoms with E-state index in [2.05, 4.69) is 60.2 Å². The van der Waals surface area contributed by atoms with E-state index in [4.69, 9.17) is 0 Å². The first-order valence-electron chi connectivity index (χ1n) is 9.78. The van der Waals surface area contributed by atoms with Gasteiger partial charge in [-0.05, 0) is 26.7 Å². The van der Waals surface area contributed by atoms with Gasteiger partial charge in [0, 0.05) is 12.0 Å². The van der Waals surface area contributed by atoms with Crippen LogP contribution in [0.5, 0.6) is 0 Å². The second-order valence-corrected chi connectivity index (χ2v) is 7.10. The summed E-state index contributed by atoms with van der Waals surface area (Å²) in [5.41, 5.74) is 1.43. The third-order valence-electron chi connectivity index (χ3n) is 5.49. The lowest BCUT2D eigenvalue weighted by molar-refractivity contribution is -0.937. The molecule has 132 valence electrons. The first kappa shape index (κ1) is 18.9. The zero-order chi connectivity index (χ0) is 17.1. The van der Waals surface area contributed by atoms with E-state index in [1.165, 1.54) is 57.3 Å². The molecule has 0 atom stereocenters. The molecule has 1 fully saturated rings. The highest BCUT2D eigenvalue weighted by atomic mass is 15.3. The minimum atomic E-state index is 0.488. The summed E-state index contributed by atoms with van der Waals surface area (Å²) in [6.07, 6.45) is 7.58. The van der Waals surface area contributed by atoms with Crippen molar-refractivity contribution < 1.29 is 4.48 Å². The maximum absolute atomic E-state index is 4.50. The van der Waals surface area contributed by atoms with Crippen LogP contribution in [0.2, 0.25) is 0 Å². The van der Waals surface area contributed by atoms with Crippen LogP contribution in [0.4, 0.5) is 0 Å². The molecule has 1 aliphatic rings. The van der Waals surface area contributed by atoms with Gasteiger partial charge in [-0.1, -0.05) is 49.6 Å². The second kappa shape index (κ2) is 10.4. The Labute approximate surface area is 148 Å². The summed E-state index contributed by atoms with van der Waals surface area (Å²) >= 11 is 0. The minimum Gasteiger partial charge on any atom is -0.320 e. The number of rotatable bonds is 9. The molecule has 0 saturated heterocycles. The third kappa shape index (κ3) is 6.22. The molecule has 0 heterocycles. The summed E-state index contributed by atoms with van der Waals surface area (Å²) in [6.45, 7) is 10.1. The van der Waals surface area contributed by atoms with E-state index in [9.17, 15) is 0 Å². The Bertz CT molecular complexity index is 507. The predicted octanol–water partition coefficient (Wildman–Crippen LogP) is 4.94. The van der Waals surface area contributed by atoms with E-state index in [0.29, 0.717) is 6.04 Å². The molecular formula is C21H34N3+. The zero-order valence-corrected chi connectivity index (χ0v) is 15.6. The van der Waals surface area contributed by atoms with Gasteiger partial charge in [0.25, 0.3) is 0 Å². The molecule has 0 bridgehead atoms. The van der Waals surface area contributed by atoms with E-state index in [0.717, 1.165) is 24.0 Å². The van der Waals surface area contributed by atoms with E-state index >= 15 is 0 Å². The number of nitrogens with zero attached hydrogens (tertiary/aromatic N) is 3. The monoisotopic (exact) mass is 328 g/mol. The molecule has 24 heavy (non-hydrogen) atoms. The van der Waals surface area contributed by atoms with Gasteiger partial charge < -0.3 is 4.48 Å². The summed E-state index contributed by atoms with van der Waals surface area (Å²) in [7, 11) is 0. The summed E-state index contributed by atoms with van der Waals surface area (Å²) in [6, 6.07) is 14.3. The van der Waals surface area contributed by atoms with Crippen LogP contribution in [0.15, 0.2) is 40.3 Å². The number of quaternary nitrogens is 1. The van der Waals surface area contributed by atoms with Crippen LogP contribution in [0.3, 0.4) is 0 Å².